The highest BCUT2D eigenvalue weighted by Gasteiger charge is 2.38. The van der Waals surface area contributed by atoms with Gasteiger partial charge in [-0.2, -0.15) is 0 Å². The van der Waals surface area contributed by atoms with Crippen LogP contribution in [0.25, 0.3) is 0 Å². The Morgan fingerprint density at radius 3 is 2.40 bits per heavy atom. The maximum atomic E-state index is 12.4. The van der Waals surface area contributed by atoms with Crippen molar-refractivity contribution >= 4 is 22.0 Å². The van der Waals surface area contributed by atoms with Gasteiger partial charge in [0, 0.05) is 19.1 Å². The van der Waals surface area contributed by atoms with Crippen LogP contribution >= 0.6 is 0 Å². The van der Waals surface area contributed by atoms with Gasteiger partial charge in [-0.15, -0.1) is 0 Å². The van der Waals surface area contributed by atoms with Gasteiger partial charge in [0.2, 0.25) is 15.9 Å². The minimum Gasteiger partial charge on any atom is -0.492 e. The number of nitrogens with zero attached hydrogens (tertiary/aromatic N) is 2. The molecule has 2 saturated heterocycles. The van der Waals surface area contributed by atoms with Gasteiger partial charge < -0.3 is 10.1 Å². The number of ether oxygens (including phenoxy) is 1. The first-order chi connectivity index (χ1) is 12.0. The molecule has 2 heterocycles. The highest BCUT2D eigenvalue weighted by molar-refractivity contribution is 7.89. The number of piperidine rings is 1. The minimum absolute atomic E-state index is 0.0220. The summed E-state index contributed by atoms with van der Waals surface area (Å²) in [7, 11) is -3.42. The lowest BCUT2D eigenvalue weighted by Gasteiger charge is -2.34. The predicted molar refractivity (Wildman–Crippen MR) is 90.6 cm³/mol. The molecule has 2 aliphatic heterocycles. The molecule has 0 radical (unpaired) electrons. The zero-order valence-corrected chi connectivity index (χ0v) is 14.6. The third-order valence-corrected chi connectivity index (χ3v) is 6.25. The molecule has 1 aromatic carbocycles. The summed E-state index contributed by atoms with van der Waals surface area (Å²) >= 11 is 0. The van der Waals surface area contributed by atoms with Crippen LogP contribution in [0.4, 0.5) is 4.79 Å². The molecular formula is C16H21N3O5S. The molecule has 0 aliphatic carbocycles. The van der Waals surface area contributed by atoms with E-state index >= 15 is 0 Å². The first-order valence-corrected chi connectivity index (χ1v) is 9.84. The maximum Gasteiger partial charge on any atom is 0.324 e. The number of carbonyl (C=O) groups excluding carboxylic acids is 2. The quantitative estimate of drug-likeness (QED) is 0.735. The zero-order valence-electron chi connectivity index (χ0n) is 13.8. The normalized spacial score (nSPS) is 19.9. The van der Waals surface area contributed by atoms with Crippen molar-refractivity contribution in [3.8, 4) is 5.75 Å². The van der Waals surface area contributed by atoms with E-state index in [1.807, 2.05) is 18.2 Å². The molecule has 0 aromatic heterocycles. The number of hydrogen-bond acceptors (Lipinski definition) is 5. The van der Waals surface area contributed by atoms with Crippen molar-refractivity contribution in [3.05, 3.63) is 30.3 Å². The maximum absolute atomic E-state index is 12.4. The SMILES string of the molecule is O=C1CNC(=O)N1C1CCN(S(=O)(=O)CCOc2ccccc2)CC1. The smallest absolute Gasteiger partial charge is 0.324 e. The summed E-state index contributed by atoms with van der Waals surface area (Å²) in [5, 5.41) is 2.49. The largest absolute Gasteiger partial charge is 0.492 e. The molecular weight excluding hydrogens is 346 g/mol. The summed E-state index contributed by atoms with van der Waals surface area (Å²) in [6, 6.07) is 8.44. The van der Waals surface area contributed by atoms with Gasteiger partial charge in [-0.1, -0.05) is 18.2 Å². The molecule has 9 heteroatoms. The lowest BCUT2D eigenvalue weighted by Crippen LogP contribution is -2.49. The number of para-hydroxylation sites is 1. The van der Waals surface area contributed by atoms with E-state index < -0.39 is 10.0 Å². The second-order valence-corrected chi connectivity index (χ2v) is 8.12. The number of nitrogens with one attached hydrogen (secondary N) is 1. The summed E-state index contributed by atoms with van der Waals surface area (Å²) in [6.45, 7) is 0.707. The monoisotopic (exact) mass is 367 g/mol. The number of carbonyl (C=O) groups is 2. The van der Waals surface area contributed by atoms with E-state index in [9.17, 15) is 18.0 Å². The lowest BCUT2D eigenvalue weighted by molar-refractivity contribution is -0.127. The lowest BCUT2D eigenvalue weighted by atomic mass is 10.1. The molecule has 3 rings (SSSR count). The fourth-order valence-electron chi connectivity index (χ4n) is 3.09. The molecule has 25 heavy (non-hydrogen) atoms. The van der Waals surface area contributed by atoms with Crippen LogP contribution in [0.2, 0.25) is 0 Å². The van der Waals surface area contributed by atoms with Crippen LogP contribution in [0.3, 0.4) is 0 Å². The first-order valence-electron chi connectivity index (χ1n) is 8.23. The van der Waals surface area contributed by atoms with E-state index in [2.05, 4.69) is 5.32 Å². The highest BCUT2D eigenvalue weighted by Crippen LogP contribution is 2.21. The van der Waals surface area contributed by atoms with E-state index in [-0.39, 0.29) is 36.9 Å². The summed E-state index contributed by atoms with van der Waals surface area (Å²) < 4.78 is 31.7. The first kappa shape index (κ1) is 17.7. The number of sulfonamides is 1. The topological polar surface area (TPSA) is 96.0 Å². The average molecular weight is 367 g/mol. The van der Waals surface area contributed by atoms with Crippen molar-refractivity contribution in [2.45, 2.75) is 18.9 Å². The third kappa shape index (κ3) is 4.10. The van der Waals surface area contributed by atoms with Crippen LogP contribution in [0, 0.1) is 0 Å². The van der Waals surface area contributed by atoms with Gasteiger partial charge in [-0.05, 0) is 25.0 Å². The molecule has 0 spiro atoms. The number of benzene rings is 1. The van der Waals surface area contributed by atoms with E-state index in [0.29, 0.717) is 31.7 Å². The van der Waals surface area contributed by atoms with Gasteiger partial charge in [0.25, 0.3) is 0 Å². The van der Waals surface area contributed by atoms with Crippen LogP contribution in [-0.2, 0) is 14.8 Å². The van der Waals surface area contributed by atoms with Crippen molar-refractivity contribution in [1.29, 1.82) is 0 Å². The van der Waals surface area contributed by atoms with Crippen molar-refractivity contribution in [1.82, 2.24) is 14.5 Å². The predicted octanol–water partition coefficient (Wildman–Crippen LogP) is 0.411. The molecule has 1 aromatic rings. The fourth-order valence-corrected chi connectivity index (χ4v) is 4.41. The summed E-state index contributed by atoms with van der Waals surface area (Å²) in [5.74, 6) is 0.285. The zero-order chi connectivity index (χ0) is 17.9. The fraction of sp³-hybridized carbons (Fsp3) is 0.500. The van der Waals surface area contributed by atoms with E-state index in [4.69, 9.17) is 4.74 Å². The summed E-state index contributed by atoms with van der Waals surface area (Å²) in [5.41, 5.74) is 0. The highest BCUT2D eigenvalue weighted by atomic mass is 32.2. The average Bonchev–Trinajstić information content (AvgIpc) is 2.94. The molecule has 3 amide bonds. The molecule has 0 saturated carbocycles. The Hall–Kier alpha value is -2.13. The standard InChI is InChI=1S/C16H21N3O5S/c20-15-12-17-16(21)19(15)13-6-8-18(9-7-13)25(22,23)11-10-24-14-4-2-1-3-5-14/h1-5,13H,6-12H2,(H,17,21). The van der Waals surface area contributed by atoms with Gasteiger partial charge in [0.1, 0.15) is 12.4 Å². The van der Waals surface area contributed by atoms with Gasteiger partial charge in [0.15, 0.2) is 0 Å². The van der Waals surface area contributed by atoms with E-state index in [1.165, 1.54) is 9.21 Å². The molecule has 1 N–H and O–H groups in total. The van der Waals surface area contributed by atoms with Crippen LogP contribution in [0.5, 0.6) is 5.75 Å². The Kier molecular flexibility index (Phi) is 5.24. The third-order valence-electron chi connectivity index (χ3n) is 4.41. The van der Waals surface area contributed by atoms with Gasteiger partial charge in [-0.25, -0.2) is 17.5 Å². The molecule has 136 valence electrons. The van der Waals surface area contributed by atoms with Crippen LogP contribution in [0.1, 0.15) is 12.8 Å². The Bertz CT molecular complexity index is 713. The molecule has 0 atom stereocenters. The van der Waals surface area contributed by atoms with Crippen molar-refractivity contribution in [2.24, 2.45) is 0 Å². The Morgan fingerprint density at radius 1 is 1.12 bits per heavy atom. The van der Waals surface area contributed by atoms with Crippen molar-refractivity contribution in [2.75, 3.05) is 32.0 Å². The minimum atomic E-state index is -3.42. The Morgan fingerprint density at radius 2 is 1.80 bits per heavy atom. The molecule has 0 bridgehead atoms. The van der Waals surface area contributed by atoms with Crippen LogP contribution < -0.4 is 10.1 Å². The van der Waals surface area contributed by atoms with Gasteiger partial charge >= 0.3 is 6.03 Å². The number of hydrogen-bond donors (Lipinski definition) is 1. The molecule has 0 unspecified atom stereocenters. The van der Waals surface area contributed by atoms with Crippen LogP contribution in [-0.4, -0.2) is 67.6 Å². The Balaban J connectivity index is 1.49. The number of urea groups is 1. The van der Waals surface area contributed by atoms with Crippen molar-refractivity contribution in [3.63, 3.8) is 0 Å². The van der Waals surface area contributed by atoms with Gasteiger partial charge in [-0.3, -0.25) is 9.69 Å². The second-order valence-electron chi connectivity index (χ2n) is 6.03. The van der Waals surface area contributed by atoms with Crippen molar-refractivity contribution < 1.29 is 22.7 Å². The molecule has 2 fully saturated rings. The summed E-state index contributed by atoms with van der Waals surface area (Å²) in [4.78, 5) is 24.6. The molecule has 2 aliphatic rings. The number of rotatable bonds is 6. The van der Waals surface area contributed by atoms with E-state index in [1.54, 1.807) is 12.1 Å². The van der Waals surface area contributed by atoms with Crippen LogP contribution in [0.15, 0.2) is 30.3 Å². The summed E-state index contributed by atoms with van der Waals surface area (Å²) in [6.07, 6.45) is 0.913. The number of imide groups is 1. The molecule has 8 nitrogen and oxygen atoms in total. The second kappa shape index (κ2) is 7.40. The Labute approximate surface area is 146 Å². The van der Waals surface area contributed by atoms with E-state index in [0.717, 1.165) is 0 Å². The van der Waals surface area contributed by atoms with Gasteiger partial charge in [0.05, 0.1) is 12.3 Å². The number of amides is 3.